The number of hydrogen-bond donors (Lipinski definition) is 2. The molecule has 0 saturated heterocycles. The molecule has 1 unspecified atom stereocenters. The van der Waals surface area contributed by atoms with Gasteiger partial charge in [0.25, 0.3) is 11.8 Å². The van der Waals surface area contributed by atoms with Crippen LogP contribution in [0.1, 0.15) is 42.1 Å². The van der Waals surface area contributed by atoms with E-state index in [-0.39, 0.29) is 18.4 Å². The first-order valence-electron chi connectivity index (χ1n) is 8.38. The zero-order valence-corrected chi connectivity index (χ0v) is 14.8. The second-order valence-corrected chi connectivity index (χ2v) is 5.84. The van der Waals surface area contributed by atoms with Crippen molar-refractivity contribution in [1.29, 1.82) is 0 Å². The average Bonchev–Trinajstić information content (AvgIpc) is 2.66. The first-order valence-corrected chi connectivity index (χ1v) is 8.38. The lowest BCUT2D eigenvalue weighted by Crippen LogP contribution is -2.21. The third kappa shape index (κ3) is 5.08. The zero-order chi connectivity index (χ0) is 18.2. The number of anilines is 1. The van der Waals surface area contributed by atoms with Gasteiger partial charge in [-0.15, -0.1) is 0 Å². The van der Waals surface area contributed by atoms with Crippen molar-refractivity contribution in [3.05, 3.63) is 59.7 Å². The van der Waals surface area contributed by atoms with Crippen molar-refractivity contribution in [3.8, 4) is 5.75 Å². The van der Waals surface area contributed by atoms with Crippen molar-refractivity contribution in [1.82, 2.24) is 5.32 Å². The van der Waals surface area contributed by atoms with Gasteiger partial charge in [0.15, 0.2) is 6.61 Å². The van der Waals surface area contributed by atoms with E-state index in [1.807, 2.05) is 24.3 Å². The van der Waals surface area contributed by atoms with Gasteiger partial charge in [0.2, 0.25) is 0 Å². The molecule has 2 aromatic carbocycles. The molecule has 0 spiro atoms. The summed E-state index contributed by atoms with van der Waals surface area (Å²) in [6.45, 7) is 4.19. The molecule has 2 rings (SSSR count). The number of benzene rings is 2. The topological polar surface area (TPSA) is 67.4 Å². The maximum absolute atomic E-state index is 12.1. The van der Waals surface area contributed by atoms with Crippen LogP contribution >= 0.6 is 0 Å². The predicted molar refractivity (Wildman–Crippen MR) is 99.1 cm³/mol. The maximum atomic E-state index is 12.1. The minimum Gasteiger partial charge on any atom is -0.483 e. The summed E-state index contributed by atoms with van der Waals surface area (Å²) in [4.78, 5) is 23.6. The molecule has 5 nitrogen and oxygen atoms in total. The van der Waals surface area contributed by atoms with Crippen LogP contribution in [-0.2, 0) is 4.79 Å². The van der Waals surface area contributed by atoms with Gasteiger partial charge in [0.1, 0.15) is 5.75 Å². The molecule has 0 aliphatic rings. The summed E-state index contributed by atoms with van der Waals surface area (Å²) < 4.78 is 5.70. The van der Waals surface area contributed by atoms with Crippen molar-refractivity contribution in [3.63, 3.8) is 0 Å². The number of rotatable bonds is 7. The van der Waals surface area contributed by atoms with Gasteiger partial charge in [-0.2, -0.15) is 0 Å². The third-order valence-corrected chi connectivity index (χ3v) is 4.08. The molecule has 0 saturated carbocycles. The van der Waals surface area contributed by atoms with Gasteiger partial charge < -0.3 is 15.4 Å². The molecule has 0 aliphatic heterocycles. The van der Waals surface area contributed by atoms with E-state index in [1.165, 1.54) is 0 Å². The largest absolute Gasteiger partial charge is 0.483 e. The number of amides is 2. The minimum absolute atomic E-state index is 0.0648. The quantitative estimate of drug-likeness (QED) is 0.809. The maximum Gasteiger partial charge on any atom is 0.262 e. The molecule has 0 bridgehead atoms. The van der Waals surface area contributed by atoms with Crippen LogP contribution in [0.25, 0.3) is 0 Å². The number of hydrogen-bond acceptors (Lipinski definition) is 3. The Labute approximate surface area is 148 Å². The van der Waals surface area contributed by atoms with E-state index >= 15 is 0 Å². The first kappa shape index (κ1) is 18.5. The van der Waals surface area contributed by atoms with E-state index in [4.69, 9.17) is 4.74 Å². The highest BCUT2D eigenvalue weighted by molar-refractivity contribution is 5.95. The summed E-state index contributed by atoms with van der Waals surface area (Å²) >= 11 is 0. The molecule has 25 heavy (non-hydrogen) atoms. The molecule has 0 radical (unpaired) electrons. The van der Waals surface area contributed by atoms with E-state index in [0.29, 0.717) is 17.2 Å². The normalized spacial score (nSPS) is 11.5. The van der Waals surface area contributed by atoms with Gasteiger partial charge in [-0.1, -0.05) is 32.0 Å². The van der Waals surface area contributed by atoms with Gasteiger partial charge in [-0.3, -0.25) is 9.59 Å². The number of carbonyl (C=O) groups is 2. The van der Waals surface area contributed by atoms with Gasteiger partial charge >= 0.3 is 0 Å². The van der Waals surface area contributed by atoms with Crippen molar-refractivity contribution >= 4 is 17.5 Å². The average molecular weight is 340 g/mol. The Morgan fingerprint density at radius 3 is 2.40 bits per heavy atom. The summed E-state index contributed by atoms with van der Waals surface area (Å²) in [5, 5.41) is 5.32. The fraction of sp³-hybridized carbons (Fsp3) is 0.300. The number of para-hydroxylation sites is 1. The zero-order valence-electron chi connectivity index (χ0n) is 14.8. The van der Waals surface area contributed by atoms with E-state index in [0.717, 1.165) is 17.7 Å². The predicted octanol–water partition coefficient (Wildman–Crippen LogP) is 3.58. The second-order valence-electron chi connectivity index (χ2n) is 5.84. The minimum atomic E-state index is -0.244. The van der Waals surface area contributed by atoms with Crippen LogP contribution in [0.15, 0.2) is 48.5 Å². The number of ether oxygens (including phenoxy) is 1. The third-order valence-electron chi connectivity index (χ3n) is 4.08. The highest BCUT2D eigenvalue weighted by atomic mass is 16.5. The smallest absolute Gasteiger partial charge is 0.262 e. The molecule has 2 aromatic rings. The Morgan fingerprint density at radius 1 is 1.08 bits per heavy atom. The molecule has 0 fully saturated rings. The Hall–Kier alpha value is -2.82. The molecule has 2 N–H and O–H groups in total. The van der Waals surface area contributed by atoms with Crippen molar-refractivity contribution in [2.75, 3.05) is 19.0 Å². The lowest BCUT2D eigenvalue weighted by molar-refractivity contribution is -0.118. The molecule has 132 valence electrons. The van der Waals surface area contributed by atoms with Crippen LogP contribution in [-0.4, -0.2) is 25.5 Å². The van der Waals surface area contributed by atoms with Crippen molar-refractivity contribution in [2.24, 2.45) is 0 Å². The summed E-state index contributed by atoms with van der Waals surface area (Å²) in [6.07, 6.45) is 1.00. The first-order chi connectivity index (χ1) is 12.0. The van der Waals surface area contributed by atoms with Crippen LogP contribution in [0.2, 0.25) is 0 Å². The van der Waals surface area contributed by atoms with Crippen LogP contribution in [0.5, 0.6) is 5.75 Å². The monoisotopic (exact) mass is 340 g/mol. The molecule has 2 amide bonds. The fourth-order valence-electron chi connectivity index (χ4n) is 2.43. The standard InChI is InChI=1S/C20H24N2O3/c1-4-14(2)17-7-5-6-8-18(17)25-13-19(23)22-16-11-9-15(10-12-16)20(24)21-3/h5-12,14H,4,13H2,1-3H3,(H,21,24)(H,22,23). The SMILES string of the molecule is CCC(C)c1ccccc1OCC(=O)Nc1ccc(C(=O)NC)cc1. The van der Waals surface area contributed by atoms with Crippen molar-refractivity contribution < 1.29 is 14.3 Å². The Morgan fingerprint density at radius 2 is 1.76 bits per heavy atom. The lowest BCUT2D eigenvalue weighted by atomic mass is 9.98. The highest BCUT2D eigenvalue weighted by Gasteiger charge is 2.11. The van der Waals surface area contributed by atoms with Gasteiger partial charge in [-0.05, 0) is 48.2 Å². The number of carbonyl (C=O) groups excluding carboxylic acids is 2. The van der Waals surface area contributed by atoms with Crippen LogP contribution in [0.3, 0.4) is 0 Å². The summed E-state index contributed by atoms with van der Waals surface area (Å²) in [5.41, 5.74) is 2.27. The molecule has 0 aromatic heterocycles. The van der Waals surface area contributed by atoms with E-state index < -0.39 is 0 Å². The summed E-state index contributed by atoms with van der Waals surface area (Å²) in [7, 11) is 1.58. The van der Waals surface area contributed by atoms with Gasteiger partial charge in [0.05, 0.1) is 0 Å². The fourth-order valence-corrected chi connectivity index (χ4v) is 2.43. The van der Waals surface area contributed by atoms with Gasteiger partial charge in [0, 0.05) is 18.3 Å². The van der Waals surface area contributed by atoms with Gasteiger partial charge in [-0.25, -0.2) is 0 Å². The molecule has 5 heteroatoms. The van der Waals surface area contributed by atoms with E-state index in [1.54, 1.807) is 31.3 Å². The lowest BCUT2D eigenvalue weighted by Gasteiger charge is -2.15. The Bertz CT molecular complexity index is 726. The summed E-state index contributed by atoms with van der Waals surface area (Å²) in [6, 6.07) is 14.5. The summed E-state index contributed by atoms with van der Waals surface area (Å²) in [5.74, 6) is 0.702. The number of nitrogens with one attached hydrogen (secondary N) is 2. The van der Waals surface area contributed by atoms with Crippen LogP contribution in [0, 0.1) is 0 Å². The van der Waals surface area contributed by atoms with E-state index in [2.05, 4.69) is 24.5 Å². The molecule has 0 aliphatic carbocycles. The highest BCUT2D eigenvalue weighted by Crippen LogP contribution is 2.28. The van der Waals surface area contributed by atoms with Crippen molar-refractivity contribution in [2.45, 2.75) is 26.2 Å². The Kier molecular flexibility index (Phi) is 6.57. The molecule has 0 heterocycles. The van der Waals surface area contributed by atoms with E-state index in [9.17, 15) is 9.59 Å². The molecular weight excluding hydrogens is 316 g/mol. The Balaban J connectivity index is 1.94. The molecule has 1 atom stereocenters. The molecular formula is C20H24N2O3. The second kappa shape index (κ2) is 8.87. The van der Waals surface area contributed by atoms with Crippen LogP contribution in [0.4, 0.5) is 5.69 Å². The van der Waals surface area contributed by atoms with Crippen LogP contribution < -0.4 is 15.4 Å².